The Balaban J connectivity index is 1.73. The first kappa shape index (κ1) is 17.4. The van der Waals surface area contributed by atoms with Crippen LogP contribution >= 0.6 is 31.4 Å². The molecular weight excluding hydrogens is 382 g/mol. The van der Waals surface area contributed by atoms with Gasteiger partial charge in [-0.25, -0.2) is 0 Å². The van der Waals surface area contributed by atoms with Crippen LogP contribution in [-0.2, 0) is 0 Å². The molecule has 0 fully saturated rings. The molecule has 1 nitrogen and oxygen atoms in total. The van der Waals surface area contributed by atoms with E-state index in [0.717, 1.165) is 21.7 Å². The van der Waals surface area contributed by atoms with Gasteiger partial charge in [0, 0.05) is 20.7 Å². The molecule has 0 N–H and O–H groups in total. The normalized spacial score (nSPS) is 11.0. The van der Waals surface area contributed by atoms with E-state index in [9.17, 15) is 0 Å². The molecule has 0 bridgehead atoms. The molecule has 4 heteroatoms. The van der Waals surface area contributed by atoms with Crippen molar-refractivity contribution in [2.45, 2.75) is 0 Å². The second-order valence-corrected chi connectivity index (χ2v) is 8.52. The number of benzene rings is 4. The average Bonchev–Trinajstić information content (AvgIpc) is 2.68. The number of hydrogen-bond donors (Lipinski definition) is 0. The van der Waals surface area contributed by atoms with E-state index in [4.69, 9.17) is 27.7 Å². The minimum absolute atomic E-state index is 0.713. The molecule has 0 aliphatic rings. The van der Waals surface area contributed by atoms with Crippen LogP contribution in [-0.4, -0.2) is 0 Å². The van der Waals surface area contributed by atoms with Gasteiger partial charge in [0.1, 0.15) is 5.75 Å². The van der Waals surface area contributed by atoms with Gasteiger partial charge in [-0.15, -0.1) is 0 Å². The van der Waals surface area contributed by atoms with Crippen molar-refractivity contribution in [2.75, 3.05) is 0 Å². The smallest absolute Gasteiger partial charge is 0.150 e. The second kappa shape index (κ2) is 7.68. The van der Waals surface area contributed by atoms with Crippen molar-refractivity contribution in [3.8, 4) is 5.75 Å². The SMILES string of the molecule is Clc1ccc(P(Oc2ccc3ccccc3c2)c2ccc(Cl)cc2)cc1. The molecule has 0 saturated carbocycles. The fraction of sp³-hybridized carbons (Fsp3) is 0. The summed E-state index contributed by atoms with van der Waals surface area (Å²) in [7, 11) is -1.02. The number of halogens is 2. The maximum atomic E-state index is 6.45. The van der Waals surface area contributed by atoms with Gasteiger partial charge in [0.25, 0.3) is 0 Å². The van der Waals surface area contributed by atoms with Gasteiger partial charge in [0.15, 0.2) is 8.15 Å². The first-order valence-corrected chi connectivity index (χ1v) is 10.2. The van der Waals surface area contributed by atoms with Crippen LogP contribution in [0.4, 0.5) is 0 Å². The van der Waals surface area contributed by atoms with E-state index in [1.807, 2.05) is 66.7 Å². The van der Waals surface area contributed by atoms with Crippen LogP contribution in [0.3, 0.4) is 0 Å². The Labute approximate surface area is 164 Å². The van der Waals surface area contributed by atoms with E-state index in [-0.39, 0.29) is 0 Å². The fourth-order valence-corrected chi connectivity index (χ4v) is 4.66. The fourth-order valence-electron chi connectivity index (χ4n) is 2.74. The Morgan fingerprint density at radius 3 is 1.69 bits per heavy atom. The Kier molecular flexibility index (Phi) is 5.13. The molecule has 0 heterocycles. The molecule has 0 radical (unpaired) electrons. The second-order valence-electron chi connectivity index (χ2n) is 5.85. The van der Waals surface area contributed by atoms with Crippen LogP contribution in [0.5, 0.6) is 5.75 Å². The molecule has 26 heavy (non-hydrogen) atoms. The Morgan fingerprint density at radius 2 is 1.12 bits per heavy atom. The highest BCUT2D eigenvalue weighted by molar-refractivity contribution is 7.68. The zero-order valence-electron chi connectivity index (χ0n) is 13.8. The van der Waals surface area contributed by atoms with Crippen molar-refractivity contribution in [3.05, 3.63) is 101 Å². The molecule has 0 aliphatic heterocycles. The van der Waals surface area contributed by atoms with Gasteiger partial charge in [-0.05, 0) is 71.4 Å². The summed E-state index contributed by atoms with van der Waals surface area (Å²) in [5.41, 5.74) is 0. The van der Waals surface area contributed by atoms with Crippen molar-refractivity contribution < 1.29 is 4.52 Å². The largest absolute Gasteiger partial charge is 0.464 e. The van der Waals surface area contributed by atoms with Gasteiger partial charge in [-0.1, -0.05) is 53.5 Å². The van der Waals surface area contributed by atoms with E-state index < -0.39 is 8.15 Å². The molecule has 0 aromatic heterocycles. The summed E-state index contributed by atoms with van der Waals surface area (Å²) in [6.07, 6.45) is 0. The van der Waals surface area contributed by atoms with E-state index >= 15 is 0 Å². The summed E-state index contributed by atoms with van der Waals surface area (Å²) in [6, 6.07) is 30.1. The Morgan fingerprint density at radius 1 is 0.577 bits per heavy atom. The molecule has 4 rings (SSSR count). The molecule has 0 unspecified atom stereocenters. The summed E-state index contributed by atoms with van der Waals surface area (Å²) in [6.45, 7) is 0. The van der Waals surface area contributed by atoms with Crippen molar-refractivity contribution in [2.24, 2.45) is 0 Å². The van der Waals surface area contributed by atoms with Crippen LogP contribution in [0.2, 0.25) is 10.0 Å². The monoisotopic (exact) mass is 396 g/mol. The first-order chi connectivity index (χ1) is 12.7. The summed E-state index contributed by atoms with van der Waals surface area (Å²) in [4.78, 5) is 0. The molecule has 0 spiro atoms. The van der Waals surface area contributed by atoms with E-state index in [1.165, 1.54) is 5.39 Å². The highest BCUT2D eigenvalue weighted by Crippen LogP contribution is 2.38. The zero-order chi connectivity index (χ0) is 17.9. The molecule has 0 saturated heterocycles. The van der Waals surface area contributed by atoms with Crippen molar-refractivity contribution in [1.29, 1.82) is 0 Å². The maximum Gasteiger partial charge on any atom is 0.150 e. The molecule has 0 atom stereocenters. The highest BCUT2D eigenvalue weighted by atomic mass is 35.5. The van der Waals surface area contributed by atoms with Crippen LogP contribution < -0.4 is 15.1 Å². The summed E-state index contributed by atoms with van der Waals surface area (Å²) >= 11 is 12.1. The van der Waals surface area contributed by atoms with E-state index in [1.54, 1.807) is 0 Å². The van der Waals surface area contributed by atoms with Crippen LogP contribution in [0.25, 0.3) is 10.8 Å². The molecule has 4 aromatic carbocycles. The molecule has 0 amide bonds. The summed E-state index contributed by atoms with van der Waals surface area (Å²) in [5.74, 6) is 0.847. The van der Waals surface area contributed by atoms with Gasteiger partial charge < -0.3 is 4.52 Å². The first-order valence-electron chi connectivity index (χ1n) is 8.17. The third-order valence-corrected chi connectivity index (χ3v) is 6.47. The lowest BCUT2D eigenvalue weighted by molar-refractivity contribution is 0.631. The molecule has 0 aliphatic carbocycles. The summed E-state index contributed by atoms with van der Waals surface area (Å²) in [5, 5.41) is 5.98. The third kappa shape index (κ3) is 3.86. The Bertz CT molecular complexity index is 984. The molecule has 4 aromatic rings. The summed E-state index contributed by atoms with van der Waals surface area (Å²) < 4.78 is 6.45. The third-order valence-electron chi connectivity index (χ3n) is 4.04. The van der Waals surface area contributed by atoms with Crippen LogP contribution in [0.15, 0.2) is 91.0 Å². The van der Waals surface area contributed by atoms with Gasteiger partial charge >= 0.3 is 0 Å². The zero-order valence-corrected chi connectivity index (χ0v) is 16.2. The number of rotatable bonds is 4. The van der Waals surface area contributed by atoms with Gasteiger partial charge in [0.2, 0.25) is 0 Å². The minimum Gasteiger partial charge on any atom is -0.464 e. The van der Waals surface area contributed by atoms with E-state index in [2.05, 4.69) is 24.3 Å². The van der Waals surface area contributed by atoms with Gasteiger partial charge in [-0.2, -0.15) is 0 Å². The molecular formula is C22H15Cl2OP. The van der Waals surface area contributed by atoms with Crippen LogP contribution in [0.1, 0.15) is 0 Å². The minimum atomic E-state index is -1.02. The Hall–Kier alpha value is -2.05. The lowest BCUT2D eigenvalue weighted by Gasteiger charge is -2.20. The van der Waals surface area contributed by atoms with Crippen molar-refractivity contribution in [3.63, 3.8) is 0 Å². The van der Waals surface area contributed by atoms with Crippen molar-refractivity contribution in [1.82, 2.24) is 0 Å². The topological polar surface area (TPSA) is 9.23 Å². The van der Waals surface area contributed by atoms with Gasteiger partial charge in [0.05, 0.1) is 0 Å². The predicted octanol–water partition coefficient (Wildman–Crippen LogP) is 6.57. The van der Waals surface area contributed by atoms with E-state index in [0.29, 0.717) is 10.0 Å². The lowest BCUT2D eigenvalue weighted by Crippen LogP contribution is -2.15. The van der Waals surface area contributed by atoms with Crippen molar-refractivity contribution >= 4 is 52.7 Å². The number of hydrogen-bond acceptors (Lipinski definition) is 1. The molecule has 128 valence electrons. The standard InChI is InChI=1S/C22H15Cl2OP/c23-18-6-11-21(12-7-18)26(22-13-8-19(24)9-14-22)25-20-10-5-16-3-1-2-4-17(16)15-20/h1-15H. The number of fused-ring (bicyclic) bond motifs is 1. The van der Waals surface area contributed by atoms with Gasteiger partial charge in [-0.3, -0.25) is 0 Å². The average molecular weight is 397 g/mol. The predicted molar refractivity (Wildman–Crippen MR) is 114 cm³/mol. The highest BCUT2D eigenvalue weighted by Gasteiger charge is 2.17. The quantitative estimate of drug-likeness (QED) is 0.354. The lowest BCUT2D eigenvalue weighted by atomic mass is 10.1. The van der Waals surface area contributed by atoms with Crippen LogP contribution in [0, 0.1) is 0 Å². The maximum absolute atomic E-state index is 6.45.